The Morgan fingerprint density at radius 2 is 1.10 bits per heavy atom. The van der Waals surface area contributed by atoms with Crippen LogP contribution in [0.1, 0.15) is 170 Å². The summed E-state index contributed by atoms with van der Waals surface area (Å²) in [4.78, 5) is 65.8. The highest BCUT2D eigenvalue weighted by atomic mass is 16.6. The fourth-order valence-electron chi connectivity index (χ4n) is 5.18. The maximum absolute atomic E-state index is 13.8. The summed E-state index contributed by atoms with van der Waals surface area (Å²) in [7, 11) is 0. The van der Waals surface area contributed by atoms with E-state index in [0.717, 1.165) is 19.3 Å². The molecule has 0 rings (SSSR count). The smallest absolute Gasteiger partial charge is 0.420 e. The lowest BCUT2D eigenvalue weighted by Gasteiger charge is -2.33. The number of unbranched alkanes of at least 4 members (excludes halogenated alkanes) is 14. The molecule has 0 aliphatic carbocycles. The highest BCUT2D eigenvalue weighted by molar-refractivity contribution is 5.97. The zero-order valence-electron chi connectivity index (χ0n) is 31.9. The molecule has 12 nitrogen and oxygen atoms in total. The van der Waals surface area contributed by atoms with Crippen LogP contribution in [0.3, 0.4) is 0 Å². The van der Waals surface area contributed by atoms with E-state index < -0.39 is 53.3 Å². The number of nitrogens with two attached hydrogens (primary N) is 2. The Bertz CT molecular complexity index is 933. The van der Waals surface area contributed by atoms with Gasteiger partial charge in [0.1, 0.15) is 23.3 Å². The fraction of sp³-hybridized carbons (Fsp3) is 0.865. The molecule has 0 unspecified atom stereocenters. The van der Waals surface area contributed by atoms with Gasteiger partial charge in [-0.25, -0.2) is 14.4 Å². The van der Waals surface area contributed by atoms with Crippen LogP contribution in [0.15, 0.2) is 0 Å². The van der Waals surface area contributed by atoms with Gasteiger partial charge in [-0.3, -0.25) is 9.59 Å². The van der Waals surface area contributed by atoms with E-state index in [1.807, 2.05) is 0 Å². The van der Waals surface area contributed by atoms with Crippen LogP contribution in [0.5, 0.6) is 0 Å². The molecule has 5 N–H and O–H groups in total. The quantitative estimate of drug-likeness (QED) is 0.0470. The van der Waals surface area contributed by atoms with E-state index in [-0.39, 0.29) is 25.9 Å². The molecule has 12 heteroatoms. The Morgan fingerprint density at radius 1 is 0.653 bits per heavy atom. The topological polar surface area (TPSA) is 180 Å². The highest BCUT2D eigenvalue weighted by Gasteiger charge is 2.41. The Balaban J connectivity index is 5.29. The van der Waals surface area contributed by atoms with Crippen molar-refractivity contribution in [3.63, 3.8) is 0 Å². The second-order valence-electron chi connectivity index (χ2n) is 15.0. The van der Waals surface area contributed by atoms with Gasteiger partial charge >= 0.3 is 18.2 Å². The predicted molar refractivity (Wildman–Crippen MR) is 193 cm³/mol. The van der Waals surface area contributed by atoms with Crippen molar-refractivity contribution in [1.29, 1.82) is 0 Å². The minimum absolute atomic E-state index is 0.0398. The van der Waals surface area contributed by atoms with Gasteiger partial charge in [0.25, 0.3) is 0 Å². The van der Waals surface area contributed by atoms with Crippen molar-refractivity contribution in [2.75, 3.05) is 13.2 Å². The summed E-state index contributed by atoms with van der Waals surface area (Å²) in [6, 6.07) is -2.60. The molecule has 0 radical (unpaired) electrons. The summed E-state index contributed by atoms with van der Waals surface area (Å²) < 4.78 is 16.4. The van der Waals surface area contributed by atoms with E-state index in [0.29, 0.717) is 30.7 Å². The number of carbonyl (C=O) groups excluding carboxylic acids is 5. The van der Waals surface area contributed by atoms with Crippen molar-refractivity contribution in [2.24, 2.45) is 11.5 Å². The molecule has 0 aromatic heterocycles. The first-order valence-electron chi connectivity index (χ1n) is 18.7. The zero-order valence-corrected chi connectivity index (χ0v) is 31.9. The summed E-state index contributed by atoms with van der Waals surface area (Å²) in [6.07, 6.45) is 15.4. The zero-order chi connectivity index (χ0) is 37.3. The van der Waals surface area contributed by atoms with Crippen molar-refractivity contribution in [2.45, 2.75) is 194 Å². The van der Waals surface area contributed by atoms with Crippen LogP contribution < -0.4 is 16.8 Å². The van der Waals surface area contributed by atoms with E-state index in [1.165, 1.54) is 64.2 Å². The first-order valence-corrected chi connectivity index (χ1v) is 18.7. The van der Waals surface area contributed by atoms with Gasteiger partial charge in [0, 0.05) is 6.42 Å². The molecule has 0 aromatic carbocycles. The largest absolute Gasteiger partial charge is 0.464 e. The maximum Gasteiger partial charge on any atom is 0.420 e. The van der Waals surface area contributed by atoms with E-state index in [4.69, 9.17) is 25.7 Å². The number of hydrogen-bond acceptors (Lipinski definition) is 9. The average molecular weight is 699 g/mol. The number of hydrogen-bond donors (Lipinski definition) is 3. The van der Waals surface area contributed by atoms with Gasteiger partial charge in [-0.05, 0) is 80.2 Å². The van der Waals surface area contributed by atoms with E-state index in [1.54, 1.807) is 41.5 Å². The number of nitrogens with one attached hydrogen (secondary N) is 1. The molecule has 0 aliphatic rings. The molecule has 2 atom stereocenters. The third kappa shape index (κ3) is 24.8. The molecule has 0 saturated carbocycles. The monoisotopic (exact) mass is 699 g/mol. The first-order chi connectivity index (χ1) is 23.0. The minimum Gasteiger partial charge on any atom is -0.464 e. The number of amides is 4. The molecular formula is C37H70N4O8. The van der Waals surface area contributed by atoms with Crippen LogP contribution in [0.25, 0.3) is 0 Å². The third-order valence-electron chi connectivity index (χ3n) is 7.75. The lowest BCUT2D eigenvalue weighted by atomic mass is 10.0. The summed E-state index contributed by atoms with van der Waals surface area (Å²) in [5.74, 6) is -2.16. The van der Waals surface area contributed by atoms with Crippen molar-refractivity contribution in [1.82, 2.24) is 10.2 Å². The lowest BCUT2D eigenvalue weighted by molar-refractivity contribution is -0.148. The molecule has 49 heavy (non-hydrogen) atoms. The maximum atomic E-state index is 13.8. The molecule has 286 valence electrons. The van der Waals surface area contributed by atoms with Crippen molar-refractivity contribution < 1.29 is 38.2 Å². The molecule has 4 amide bonds. The van der Waals surface area contributed by atoms with Crippen molar-refractivity contribution in [3.05, 3.63) is 0 Å². The molecule has 0 saturated heterocycles. The van der Waals surface area contributed by atoms with Crippen LogP contribution in [-0.4, -0.2) is 71.3 Å². The Kier molecular flexibility index (Phi) is 24.5. The molecule has 0 aromatic rings. The van der Waals surface area contributed by atoms with Gasteiger partial charge < -0.3 is 31.0 Å². The van der Waals surface area contributed by atoms with Crippen molar-refractivity contribution >= 4 is 30.0 Å². The molecule has 0 heterocycles. The Labute approximate surface area is 296 Å². The van der Waals surface area contributed by atoms with Crippen molar-refractivity contribution in [3.8, 4) is 0 Å². The van der Waals surface area contributed by atoms with E-state index in [2.05, 4.69) is 12.2 Å². The number of esters is 1. The van der Waals surface area contributed by atoms with Crippen LogP contribution in [0, 0.1) is 0 Å². The summed E-state index contributed by atoms with van der Waals surface area (Å²) in [5, 5.41) is 2.61. The summed E-state index contributed by atoms with van der Waals surface area (Å²) in [6.45, 7) is 12.5. The normalized spacial score (nSPS) is 12.9. The second-order valence-corrected chi connectivity index (χ2v) is 15.0. The van der Waals surface area contributed by atoms with Crippen LogP contribution in [0.4, 0.5) is 9.59 Å². The van der Waals surface area contributed by atoms with E-state index >= 15 is 0 Å². The fourth-order valence-corrected chi connectivity index (χ4v) is 5.18. The number of carbonyl (C=O) groups is 5. The SMILES string of the molecule is CCCCCCCCCCCCCCCCOC(=O)[C@H](CCC(N)=O)NC(=O)[C@H](CCCCN)N(C(=O)OC(C)(C)C)C(=O)OC(C)(C)C. The lowest BCUT2D eigenvalue weighted by Crippen LogP contribution is -2.57. The minimum atomic E-state index is -1.38. The number of nitrogens with zero attached hydrogens (tertiary/aromatic N) is 1. The van der Waals surface area contributed by atoms with Crippen LogP contribution >= 0.6 is 0 Å². The number of imide groups is 1. The van der Waals surface area contributed by atoms with Crippen LogP contribution in [-0.2, 0) is 28.6 Å². The number of ether oxygens (including phenoxy) is 3. The first kappa shape index (κ1) is 46.1. The van der Waals surface area contributed by atoms with Gasteiger partial charge in [0.05, 0.1) is 6.61 Å². The standard InChI is InChI=1S/C37H70N4O8/c1-8-9-10-11-12-13-14-15-16-17-18-19-20-23-28-47-33(44)29(25-26-31(39)42)40-32(43)30(24-21-22-27-38)41(34(45)48-36(2,3)4)35(46)49-37(5,6)7/h29-30H,8-28,38H2,1-7H3,(H2,39,42)(H,40,43)/t29-,30-/m0/s1. The number of rotatable bonds is 26. The molecule has 0 fully saturated rings. The summed E-state index contributed by atoms with van der Waals surface area (Å²) in [5.41, 5.74) is 9.07. The molecular weight excluding hydrogens is 628 g/mol. The van der Waals surface area contributed by atoms with Crippen LogP contribution in [0.2, 0.25) is 0 Å². The highest BCUT2D eigenvalue weighted by Crippen LogP contribution is 2.20. The van der Waals surface area contributed by atoms with Gasteiger partial charge in [-0.15, -0.1) is 0 Å². The van der Waals surface area contributed by atoms with Gasteiger partial charge in [0.2, 0.25) is 11.8 Å². The third-order valence-corrected chi connectivity index (χ3v) is 7.75. The van der Waals surface area contributed by atoms with E-state index in [9.17, 15) is 24.0 Å². The Morgan fingerprint density at radius 3 is 1.51 bits per heavy atom. The van der Waals surface area contributed by atoms with Gasteiger partial charge in [-0.2, -0.15) is 4.90 Å². The van der Waals surface area contributed by atoms with Gasteiger partial charge in [-0.1, -0.05) is 90.4 Å². The summed E-state index contributed by atoms with van der Waals surface area (Å²) >= 11 is 0. The number of primary amides is 1. The molecule has 0 spiro atoms. The predicted octanol–water partition coefficient (Wildman–Crippen LogP) is 7.43. The average Bonchev–Trinajstić information content (AvgIpc) is 2.98. The Hall–Kier alpha value is -2.89. The molecule has 0 bridgehead atoms. The van der Waals surface area contributed by atoms with Gasteiger partial charge in [0.15, 0.2) is 0 Å². The second kappa shape index (κ2) is 26.0. The molecule has 0 aliphatic heterocycles.